The maximum atomic E-state index is 5.80. The van der Waals surface area contributed by atoms with Gasteiger partial charge in [0, 0.05) is 18.7 Å². The Morgan fingerprint density at radius 3 is 2.90 bits per heavy atom. The highest BCUT2D eigenvalue weighted by Gasteiger charge is 2.34. The third-order valence-corrected chi connectivity index (χ3v) is 4.46. The van der Waals surface area contributed by atoms with Gasteiger partial charge in [-0.15, -0.1) is 10.2 Å². The minimum atomic E-state index is 0.202. The molecule has 0 saturated heterocycles. The Hall–Kier alpha value is -1.88. The fraction of sp³-hybridized carbons (Fsp3) is 0.500. The number of nitrogens with one attached hydrogen (secondary N) is 1. The molecular formula is C16H20N4O. The highest BCUT2D eigenvalue weighted by atomic mass is 16.5. The molecule has 4 rings (SSSR count). The summed E-state index contributed by atoms with van der Waals surface area (Å²) in [5, 5.41) is 12.5. The second kappa shape index (κ2) is 4.84. The van der Waals surface area contributed by atoms with Gasteiger partial charge in [-0.25, -0.2) is 0 Å². The topological polar surface area (TPSA) is 52.0 Å². The van der Waals surface area contributed by atoms with Gasteiger partial charge in [-0.2, -0.15) is 0 Å². The minimum Gasteiger partial charge on any atom is -0.492 e. The summed E-state index contributed by atoms with van der Waals surface area (Å²) in [4.78, 5) is 0. The van der Waals surface area contributed by atoms with Gasteiger partial charge in [0.1, 0.15) is 18.2 Å². The molecule has 0 amide bonds. The molecule has 5 heteroatoms. The normalized spacial score (nSPS) is 23.8. The van der Waals surface area contributed by atoms with E-state index in [2.05, 4.69) is 46.1 Å². The number of rotatable bonds is 2. The van der Waals surface area contributed by atoms with E-state index in [9.17, 15) is 0 Å². The summed E-state index contributed by atoms with van der Waals surface area (Å²) in [7, 11) is 0. The van der Waals surface area contributed by atoms with E-state index in [1.165, 1.54) is 5.56 Å². The quantitative estimate of drug-likeness (QED) is 0.917. The van der Waals surface area contributed by atoms with Crippen molar-refractivity contribution in [3.05, 3.63) is 41.5 Å². The first-order valence-electron chi connectivity index (χ1n) is 7.64. The van der Waals surface area contributed by atoms with Crippen molar-refractivity contribution in [1.82, 2.24) is 20.1 Å². The maximum absolute atomic E-state index is 5.80. The maximum Gasteiger partial charge on any atom is 0.150 e. The van der Waals surface area contributed by atoms with Gasteiger partial charge in [-0.3, -0.25) is 0 Å². The summed E-state index contributed by atoms with van der Waals surface area (Å²) in [6, 6.07) is 8.53. The molecule has 2 aromatic rings. The van der Waals surface area contributed by atoms with Crippen molar-refractivity contribution >= 4 is 0 Å². The highest BCUT2D eigenvalue weighted by molar-refractivity contribution is 5.43. The summed E-state index contributed by atoms with van der Waals surface area (Å²) in [6.45, 7) is 7.00. The van der Waals surface area contributed by atoms with E-state index in [4.69, 9.17) is 4.74 Å². The summed E-state index contributed by atoms with van der Waals surface area (Å²) < 4.78 is 8.09. The summed E-state index contributed by atoms with van der Waals surface area (Å²) >= 11 is 0. The Labute approximate surface area is 124 Å². The number of para-hydroxylation sites is 1. The Morgan fingerprint density at radius 2 is 2.05 bits per heavy atom. The molecule has 0 saturated carbocycles. The number of hydrogen-bond donors (Lipinski definition) is 1. The van der Waals surface area contributed by atoms with Crippen molar-refractivity contribution in [2.24, 2.45) is 5.92 Å². The molecule has 0 aliphatic carbocycles. The third kappa shape index (κ3) is 1.95. The largest absolute Gasteiger partial charge is 0.492 e. The van der Waals surface area contributed by atoms with Crippen molar-refractivity contribution < 1.29 is 4.74 Å². The van der Waals surface area contributed by atoms with Gasteiger partial charge in [-0.1, -0.05) is 32.0 Å². The number of nitrogens with zero attached hydrogens (tertiary/aromatic N) is 3. The van der Waals surface area contributed by atoms with Gasteiger partial charge in [0.15, 0.2) is 5.82 Å². The Bertz CT molecular complexity index is 664. The third-order valence-electron chi connectivity index (χ3n) is 4.46. The number of fused-ring (bicyclic) bond motifs is 2. The van der Waals surface area contributed by atoms with Crippen LogP contribution in [0.25, 0.3) is 0 Å². The number of aromatic nitrogens is 3. The zero-order chi connectivity index (χ0) is 14.4. The Balaban J connectivity index is 1.75. The first-order valence-corrected chi connectivity index (χ1v) is 7.64. The molecule has 0 spiro atoms. The molecule has 2 unspecified atom stereocenters. The van der Waals surface area contributed by atoms with E-state index in [0.29, 0.717) is 12.5 Å². The van der Waals surface area contributed by atoms with Crippen LogP contribution in [0.4, 0.5) is 0 Å². The fourth-order valence-corrected chi connectivity index (χ4v) is 3.38. The van der Waals surface area contributed by atoms with Crippen LogP contribution in [0, 0.1) is 5.92 Å². The second-order valence-corrected chi connectivity index (χ2v) is 6.15. The Morgan fingerprint density at radius 1 is 1.24 bits per heavy atom. The minimum absolute atomic E-state index is 0.202. The predicted octanol–water partition coefficient (Wildman–Crippen LogP) is 2.10. The number of hydrogen-bond acceptors (Lipinski definition) is 4. The van der Waals surface area contributed by atoms with E-state index in [-0.39, 0.29) is 12.0 Å². The molecule has 1 N–H and O–H groups in total. The lowest BCUT2D eigenvalue weighted by atomic mass is 9.99. The summed E-state index contributed by atoms with van der Waals surface area (Å²) in [5.41, 5.74) is 1.23. The van der Waals surface area contributed by atoms with E-state index < -0.39 is 0 Å². The van der Waals surface area contributed by atoms with Gasteiger partial charge in [0.2, 0.25) is 0 Å². The first kappa shape index (κ1) is 12.8. The molecule has 110 valence electrons. The van der Waals surface area contributed by atoms with Crippen molar-refractivity contribution in [3.8, 4) is 5.75 Å². The molecule has 3 heterocycles. The molecule has 21 heavy (non-hydrogen) atoms. The van der Waals surface area contributed by atoms with Gasteiger partial charge in [0.05, 0.1) is 12.0 Å². The smallest absolute Gasteiger partial charge is 0.150 e. The zero-order valence-electron chi connectivity index (χ0n) is 12.4. The van der Waals surface area contributed by atoms with Crippen LogP contribution in [0.1, 0.15) is 43.0 Å². The monoisotopic (exact) mass is 284 g/mol. The highest BCUT2D eigenvalue weighted by Crippen LogP contribution is 2.38. The lowest BCUT2D eigenvalue weighted by Gasteiger charge is -2.28. The first-order chi connectivity index (χ1) is 10.3. The van der Waals surface area contributed by atoms with E-state index in [1.54, 1.807) is 0 Å². The van der Waals surface area contributed by atoms with E-state index in [0.717, 1.165) is 30.5 Å². The molecule has 0 fully saturated rings. The van der Waals surface area contributed by atoms with Crippen molar-refractivity contribution in [2.75, 3.05) is 13.2 Å². The lowest BCUT2D eigenvalue weighted by Crippen LogP contribution is -2.37. The predicted molar refractivity (Wildman–Crippen MR) is 79.4 cm³/mol. The van der Waals surface area contributed by atoms with Crippen LogP contribution in [0.5, 0.6) is 5.75 Å². The van der Waals surface area contributed by atoms with Crippen molar-refractivity contribution in [1.29, 1.82) is 0 Å². The molecule has 0 bridgehead atoms. The molecule has 2 aliphatic heterocycles. The number of benzene rings is 1. The Kier molecular flexibility index (Phi) is 2.96. The van der Waals surface area contributed by atoms with Crippen LogP contribution in [0.2, 0.25) is 0 Å². The van der Waals surface area contributed by atoms with Crippen molar-refractivity contribution in [2.45, 2.75) is 32.4 Å². The summed E-state index contributed by atoms with van der Waals surface area (Å²) in [5.74, 6) is 3.80. The van der Waals surface area contributed by atoms with Crippen LogP contribution in [0.15, 0.2) is 24.3 Å². The average molecular weight is 284 g/mol. The summed E-state index contributed by atoms with van der Waals surface area (Å²) in [6.07, 6.45) is 0. The van der Waals surface area contributed by atoms with Crippen LogP contribution < -0.4 is 10.1 Å². The molecular weight excluding hydrogens is 264 g/mol. The number of ether oxygens (including phenoxy) is 1. The van der Waals surface area contributed by atoms with Crippen LogP contribution >= 0.6 is 0 Å². The molecule has 1 aromatic carbocycles. The van der Waals surface area contributed by atoms with Crippen LogP contribution in [0.3, 0.4) is 0 Å². The average Bonchev–Trinajstić information content (AvgIpc) is 3.09. The molecule has 5 nitrogen and oxygen atoms in total. The molecule has 1 aromatic heterocycles. The lowest BCUT2D eigenvalue weighted by molar-refractivity contribution is 0.320. The standard InChI is InChI=1S/C16H20N4O/c1-10(2)14-16-19-18-15(20(16)8-7-17-14)12-9-21-13-6-4-3-5-11(12)13/h3-6,10,12,14,17H,7-9H2,1-2H3. The zero-order valence-corrected chi connectivity index (χ0v) is 12.4. The van der Waals surface area contributed by atoms with Crippen LogP contribution in [-0.4, -0.2) is 27.9 Å². The van der Waals surface area contributed by atoms with Gasteiger partial charge in [-0.05, 0) is 12.0 Å². The molecule has 0 radical (unpaired) electrons. The van der Waals surface area contributed by atoms with Crippen molar-refractivity contribution in [3.63, 3.8) is 0 Å². The van der Waals surface area contributed by atoms with Gasteiger partial charge in [0.25, 0.3) is 0 Å². The van der Waals surface area contributed by atoms with E-state index >= 15 is 0 Å². The SMILES string of the molecule is CC(C)C1NCCn2c(C3COc4ccccc43)nnc21. The van der Waals surface area contributed by atoms with E-state index in [1.807, 2.05) is 12.1 Å². The van der Waals surface area contributed by atoms with Gasteiger partial charge < -0.3 is 14.6 Å². The van der Waals surface area contributed by atoms with Crippen LogP contribution in [-0.2, 0) is 6.54 Å². The second-order valence-electron chi connectivity index (χ2n) is 6.15. The fourth-order valence-electron chi connectivity index (χ4n) is 3.38. The molecule has 2 atom stereocenters. The molecule has 2 aliphatic rings. The van der Waals surface area contributed by atoms with Gasteiger partial charge >= 0.3 is 0 Å².